The number of aryl methyl sites for hydroxylation is 1. The molecule has 3 N–H and O–H groups in total. The molecule has 0 spiro atoms. The molecule has 0 aliphatic rings. The van der Waals surface area contributed by atoms with Gasteiger partial charge in [0.15, 0.2) is 11.6 Å². The van der Waals surface area contributed by atoms with E-state index < -0.39 is 5.82 Å². The Morgan fingerprint density at radius 1 is 1.55 bits per heavy atom. The number of rotatable bonds is 1. The highest BCUT2D eigenvalue weighted by Crippen LogP contribution is 2.19. The van der Waals surface area contributed by atoms with Crippen molar-refractivity contribution in [2.75, 3.05) is 0 Å². The minimum absolute atomic E-state index is 0.319. The van der Waals surface area contributed by atoms with Gasteiger partial charge in [-0.15, -0.1) is 0 Å². The second kappa shape index (κ2) is 2.88. The van der Waals surface area contributed by atoms with Crippen molar-refractivity contribution in [3.63, 3.8) is 0 Å². The molecule has 0 unspecified atom stereocenters. The van der Waals surface area contributed by atoms with E-state index in [1.165, 1.54) is 12.1 Å². The van der Waals surface area contributed by atoms with Crippen LogP contribution in [0.25, 0.3) is 0 Å². The maximum Gasteiger partial charge on any atom is 0.165 e. The van der Waals surface area contributed by atoms with Gasteiger partial charge in [-0.05, 0) is 30.2 Å². The van der Waals surface area contributed by atoms with Crippen molar-refractivity contribution in [1.82, 2.24) is 0 Å². The quantitative estimate of drug-likeness (QED) is 0.642. The predicted molar refractivity (Wildman–Crippen MR) is 40.7 cm³/mol. The van der Waals surface area contributed by atoms with Crippen molar-refractivity contribution in [1.29, 1.82) is 0 Å². The molecule has 0 aliphatic heterocycles. The summed E-state index contributed by atoms with van der Waals surface area (Å²) in [6.07, 6.45) is 0. The summed E-state index contributed by atoms with van der Waals surface area (Å²) >= 11 is 0. The molecule has 0 atom stereocenters. The minimum atomic E-state index is -0.597. The largest absolute Gasteiger partial charge is 0.505 e. The molecule has 0 heterocycles. The summed E-state index contributed by atoms with van der Waals surface area (Å²) < 4.78 is 12.6. The number of hydrogen-bond acceptors (Lipinski definition) is 2. The van der Waals surface area contributed by atoms with E-state index in [-0.39, 0.29) is 5.75 Å². The van der Waals surface area contributed by atoms with Crippen LogP contribution in [-0.2, 0) is 6.54 Å². The zero-order valence-electron chi connectivity index (χ0n) is 6.26. The summed E-state index contributed by atoms with van der Waals surface area (Å²) in [6.45, 7) is 2.07. The second-order valence-electron chi connectivity index (χ2n) is 2.43. The molecule has 0 saturated carbocycles. The number of benzene rings is 1. The Labute approximate surface area is 64.5 Å². The summed E-state index contributed by atoms with van der Waals surface area (Å²) in [5.74, 6) is -0.934. The Kier molecular flexibility index (Phi) is 2.10. The molecule has 0 radical (unpaired) electrons. The van der Waals surface area contributed by atoms with Gasteiger partial charge in [-0.25, -0.2) is 4.39 Å². The molecule has 1 aromatic carbocycles. The van der Waals surface area contributed by atoms with Crippen LogP contribution in [0.4, 0.5) is 4.39 Å². The highest BCUT2D eigenvalue weighted by atomic mass is 19.1. The van der Waals surface area contributed by atoms with Crippen LogP contribution in [0.2, 0.25) is 0 Å². The molecule has 1 rings (SSSR count). The molecule has 3 heteroatoms. The van der Waals surface area contributed by atoms with Crippen molar-refractivity contribution in [2.45, 2.75) is 13.5 Å². The summed E-state index contributed by atoms with van der Waals surface area (Å²) in [4.78, 5) is 0. The topological polar surface area (TPSA) is 46.2 Å². The molecule has 2 nitrogen and oxygen atoms in total. The highest BCUT2D eigenvalue weighted by molar-refractivity contribution is 5.35. The van der Waals surface area contributed by atoms with Crippen LogP contribution in [0.1, 0.15) is 11.1 Å². The van der Waals surface area contributed by atoms with E-state index in [1.807, 2.05) is 0 Å². The number of aromatic hydroxyl groups is 1. The standard InChI is InChI=1S/C8H10FNO/c1-5-2-7(9)8(11)3-6(5)4-10/h2-3,11H,4,10H2,1H3. The number of phenolic OH excluding ortho intramolecular Hbond substituents is 1. The van der Waals surface area contributed by atoms with Crippen LogP contribution in [0.5, 0.6) is 5.75 Å². The molecule has 60 valence electrons. The lowest BCUT2D eigenvalue weighted by Gasteiger charge is -2.03. The van der Waals surface area contributed by atoms with Crippen molar-refractivity contribution >= 4 is 0 Å². The number of nitrogens with two attached hydrogens (primary N) is 1. The normalized spacial score (nSPS) is 10.1. The Bertz CT molecular complexity index is 273. The highest BCUT2D eigenvalue weighted by Gasteiger charge is 2.03. The van der Waals surface area contributed by atoms with Crippen molar-refractivity contribution in [3.05, 3.63) is 29.1 Å². The van der Waals surface area contributed by atoms with Gasteiger partial charge in [0.25, 0.3) is 0 Å². The molecule has 0 saturated heterocycles. The van der Waals surface area contributed by atoms with Gasteiger partial charge in [0, 0.05) is 6.54 Å². The fourth-order valence-corrected chi connectivity index (χ4v) is 0.924. The molecule has 0 fully saturated rings. The second-order valence-corrected chi connectivity index (χ2v) is 2.43. The van der Waals surface area contributed by atoms with Gasteiger partial charge in [-0.1, -0.05) is 0 Å². The Morgan fingerprint density at radius 2 is 2.18 bits per heavy atom. The van der Waals surface area contributed by atoms with Gasteiger partial charge in [0.2, 0.25) is 0 Å². The minimum Gasteiger partial charge on any atom is -0.505 e. The van der Waals surface area contributed by atoms with Crippen molar-refractivity contribution in [2.24, 2.45) is 5.73 Å². The lowest BCUT2D eigenvalue weighted by molar-refractivity contribution is 0.431. The van der Waals surface area contributed by atoms with Crippen molar-refractivity contribution in [3.8, 4) is 5.75 Å². The van der Waals surface area contributed by atoms with Gasteiger partial charge in [0.05, 0.1) is 0 Å². The van der Waals surface area contributed by atoms with E-state index in [4.69, 9.17) is 10.8 Å². The van der Waals surface area contributed by atoms with E-state index in [1.54, 1.807) is 6.92 Å². The molecule has 0 amide bonds. The summed E-state index contributed by atoms with van der Waals surface area (Å²) in [6, 6.07) is 2.63. The van der Waals surface area contributed by atoms with E-state index in [9.17, 15) is 4.39 Å². The smallest absolute Gasteiger partial charge is 0.165 e. The third-order valence-corrected chi connectivity index (χ3v) is 1.63. The average molecular weight is 155 g/mol. The SMILES string of the molecule is Cc1cc(F)c(O)cc1CN. The van der Waals surface area contributed by atoms with Gasteiger partial charge >= 0.3 is 0 Å². The number of halogens is 1. The molecule has 0 aromatic heterocycles. The first-order valence-electron chi connectivity index (χ1n) is 3.33. The molecular weight excluding hydrogens is 145 g/mol. The zero-order chi connectivity index (χ0) is 8.43. The lowest BCUT2D eigenvalue weighted by atomic mass is 10.1. The number of hydrogen-bond donors (Lipinski definition) is 2. The molecule has 0 aliphatic carbocycles. The van der Waals surface area contributed by atoms with Crippen LogP contribution in [0.3, 0.4) is 0 Å². The van der Waals surface area contributed by atoms with Crippen molar-refractivity contribution < 1.29 is 9.50 Å². The Morgan fingerprint density at radius 3 is 2.73 bits per heavy atom. The van der Waals surface area contributed by atoms with E-state index in [0.29, 0.717) is 6.54 Å². The first-order chi connectivity index (χ1) is 5.15. The maximum absolute atomic E-state index is 12.6. The first-order valence-corrected chi connectivity index (χ1v) is 3.33. The monoisotopic (exact) mass is 155 g/mol. The summed E-state index contributed by atoms with van der Waals surface area (Å²) in [5, 5.41) is 8.93. The van der Waals surface area contributed by atoms with Crippen LogP contribution in [0, 0.1) is 12.7 Å². The molecule has 0 bridgehead atoms. The summed E-state index contributed by atoms with van der Waals surface area (Å²) in [7, 11) is 0. The number of phenols is 1. The average Bonchev–Trinajstić information content (AvgIpc) is 1.97. The summed E-state index contributed by atoms with van der Waals surface area (Å²) in [5.41, 5.74) is 6.87. The molecular formula is C8H10FNO. The van der Waals surface area contributed by atoms with Crippen LogP contribution in [0.15, 0.2) is 12.1 Å². The van der Waals surface area contributed by atoms with Crippen LogP contribution >= 0.6 is 0 Å². The predicted octanol–water partition coefficient (Wildman–Crippen LogP) is 1.30. The van der Waals surface area contributed by atoms with E-state index >= 15 is 0 Å². The zero-order valence-corrected chi connectivity index (χ0v) is 6.26. The fraction of sp³-hybridized carbons (Fsp3) is 0.250. The Balaban J connectivity index is 3.21. The van der Waals surface area contributed by atoms with E-state index in [2.05, 4.69) is 0 Å². The third kappa shape index (κ3) is 1.49. The van der Waals surface area contributed by atoms with Crippen LogP contribution < -0.4 is 5.73 Å². The van der Waals surface area contributed by atoms with Gasteiger partial charge < -0.3 is 10.8 Å². The van der Waals surface area contributed by atoms with Crippen LogP contribution in [-0.4, -0.2) is 5.11 Å². The van der Waals surface area contributed by atoms with Gasteiger partial charge in [-0.3, -0.25) is 0 Å². The van der Waals surface area contributed by atoms with E-state index in [0.717, 1.165) is 11.1 Å². The maximum atomic E-state index is 12.6. The Hall–Kier alpha value is -1.09. The van der Waals surface area contributed by atoms with Gasteiger partial charge in [0.1, 0.15) is 0 Å². The molecule has 1 aromatic rings. The van der Waals surface area contributed by atoms with Gasteiger partial charge in [-0.2, -0.15) is 0 Å². The third-order valence-electron chi connectivity index (χ3n) is 1.63. The lowest BCUT2D eigenvalue weighted by Crippen LogP contribution is -1.99. The first kappa shape index (κ1) is 8.01. The fourth-order valence-electron chi connectivity index (χ4n) is 0.924. The molecule has 11 heavy (non-hydrogen) atoms.